The third-order valence-electron chi connectivity index (χ3n) is 2.86. The molecule has 1 aromatic heterocycles. The zero-order chi connectivity index (χ0) is 11.0. The highest BCUT2D eigenvalue weighted by molar-refractivity contribution is 5.90. The third-order valence-corrected chi connectivity index (χ3v) is 2.86. The lowest BCUT2D eigenvalue weighted by atomic mass is 10.1. The van der Waals surface area contributed by atoms with Crippen LogP contribution >= 0.6 is 0 Å². The normalized spacial score (nSPS) is 15.6. The Bertz CT molecular complexity index is 392. The first-order valence-electron chi connectivity index (χ1n) is 5.44. The van der Waals surface area contributed by atoms with Crippen LogP contribution in [0.3, 0.4) is 0 Å². The number of nitrogens with zero attached hydrogens (tertiary/aromatic N) is 2. The van der Waals surface area contributed by atoms with Crippen LogP contribution in [0.15, 0.2) is 0 Å². The molecule has 1 heterocycles. The lowest BCUT2D eigenvalue weighted by Crippen LogP contribution is -2.05. The van der Waals surface area contributed by atoms with Gasteiger partial charge in [-0.2, -0.15) is 5.10 Å². The topological polar surface area (TPSA) is 55.1 Å². The predicted molar refractivity (Wildman–Crippen MR) is 56.1 cm³/mol. The van der Waals surface area contributed by atoms with Gasteiger partial charge < -0.3 is 5.11 Å². The molecule has 0 amide bonds. The Kier molecular flexibility index (Phi) is 2.50. The number of carbonyl (C=O) groups is 1. The molecule has 0 aromatic carbocycles. The highest BCUT2D eigenvalue weighted by Gasteiger charge is 2.33. The van der Waals surface area contributed by atoms with E-state index in [0.717, 1.165) is 37.1 Å². The SMILES string of the molecule is CCCc1c(C(=O)O)c(C2CC2)nn1C. The number of rotatable bonds is 4. The van der Waals surface area contributed by atoms with Crippen LogP contribution in [-0.2, 0) is 13.5 Å². The largest absolute Gasteiger partial charge is 0.478 e. The highest BCUT2D eigenvalue weighted by Crippen LogP contribution is 2.41. The summed E-state index contributed by atoms with van der Waals surface area (Å²) in [6, 6.07) is 0. The van der Waals surface area contributed by atoms with E-state index in [9.17, 15) is 9.90 Å². The van der Waals surface area contributed by atoms with Gasteiger partial charge in [0.05, 0.1) is 11.4 Å². The Morgan fingerprint density at radius 1 is 1.60 bits per heavy atom. The Morgan fingerprint density at radius 3 is 2.73 bits per heavy atom. The molecule has 0 radical (unpaired) electrons. The number of hydrogen-bond acceptors (Lipinski definition) is 2. The summed E-state index contributed by atoms with van der Waals surface area (Å²) in [5.74, 6) is -0.429. The van der Waals surface area contributed by atoms with Gasteiger partial charge in [-0.1, -0.05) is 13.3 Å². The summed E-state index contributed by atoms with van der Waals surface area (Å²) in [4.78, 5) is 11.2. The van der Waals surface area contributed by atoms with Crippen LogP contribution in [-0.4, -0.2) is 20.9 Å². The van der Waals surface area contributed by atoms with Gasteiger partial charge >= 0.3 is 5.97 Å². The molecule has 4 nitrogen and oxygen atoms in total. The molecule has 0 bridgehead atoms. The van der Waals surface area contributed by atoms with E-state index >= 15 is 0 Å². The maximum atomic E-state index is 11.2. The van der Waals surface area contributed by atoms with Crippen LogP contribution in [0, 0.1) is 0 Å². The van der Waals surface area contributed by atoms with Gasteiger partial charge in [-0.3, -0.25) is 4.68 Å². The number of aryl methyl sites for hydroxylation is 1. The van der Waals surface area contributed by atoms with E-state index in [2.05, 4.69) is 12.0 Å². The summed E-state index contributed by atoms with van der Waals surface area (Å²) in [6.07, 6.45) is 3.91. The lowest BCUT2D eigenvalue weighted by Gasteiger charge is -2.00. The number of aromatic carboxylic acids is 1. The van der Waals surface area contributed by atoms with E-state index in [4.69, 9.17) is 0 Å². The van der Waals surface area contributed by atoms with E-state index in [1.807, 2.05) is 7.05 Å². The molecule has 1 N–H and O–H groups in total. The molecule has 0 aliphatic heterocycles. The zero-order valence-corrected chi connectivity index (χ0v) is 9.16. The molecule has 0 atom stereocenters. The summed E-state index contributed by atoms with van der Waals surface area (Å²) in [5, 5.41) is 13.6. The van der Waals surface area contributed by atoms with Gasteiger partial charge in [-0.15, -0.1) is 0 Å². The van der Waals surface area contributed by atoms with Gasteiger partial charge in [0.15, 0.2) is 0 Å². The van der Waals surface area contributed by atoms with Crippen molar-refractivity contribution in [3.8, 4) is 0 Å². The fourth-order valence-electron chi connectivity index (χ4n) is 1.98. The Morgan fingerprint density at radius 2 is 2.27 bits per heavy atom. The van der Waals surface area contributed by atoms with Crippen LogP contribution in [0.5, 0.6) is 0 Å². The van der Waals surface area contributed by atoms with Crippen LogP contribution in [0.25, 0.3) is 0 Å². The van der Waals surface area contributed by atoms with Gasteiger partial charge in [0.1, 0.15) is 5.56 Å². The number of hydrogen-bond donors (Lipinski definition) is 1. The molecule has 1 fully saturated rings. The first-order chi connectivity index (χ1) is 7.15. The van der Waals surface area contributed by atoms with Crippen molar-refractivity contribution >= 4 is 5.97 Å². The van der Waals surface area contributed by atoms with Crippen molar-refractivity contribution in [2.45, 2.75) is 38.5 Å². The van der Waals surface area contributed by atoms with Crippen molar-refractivity contribution in [2.24, 2.45) is 7.05 Å². The molecule has 0 spiro atoms. The monoisotopic (exact) mass is 208 g/mol. The van der Waals surface area contributed by atoms with Crippen molar-refractivity contribution in [1.82, 2.24) is 9.78 Å². The van der Waals surface area contributed by atoms with Gasteiger partial charge in [-0.25, -0.2) is 4.79 Å². The van der Waals surface area contributed by atoms with E-state index in [-0.39, 0.29) is 0 Å². The summed E-state index contributed by atoms with van der Waals surface area (Å²) in [6.45, 7) is 2.05. The summed E-state index contributed by atoms with van der Waals surface area (Å²) >= 11 is 0. The average molecular weight is 208 g/mol. The fourth-order valence-corrected chi connectivity index (χ4v) is 1.98. The van der Waals surface area contributed by atoms with Crippen molar-refractivity contribution in [3.05, 3.63) is 17.0 Å². The van der Waals surface area contributed by atoms with E-state index in [1.165, 1.54) is 0 Å². The molecular formula is C11H16N2O2. The van der Waals surface area contributed by atoms with Crippen molar-refractivity contribution < 1.29 is 9.90 Å². The van der Waals surface area contributed by atoms with Gasteiger partial charge in [-0.05, 0) is 19.3 Å². The molecule has 0 saturated heterocycles. The Labute approximate surface area is 88.9 Å². The van der Waals surface area contributed by atoms with Crippen LogP contribution in [0.2, 0.25) is 0 Å². The third kappa shape index (κ3) is 1.76. The molecule has 1 aliphatic carbocycles. The minimum Gasteiger partial charge on any atom is -0.478 e. The van der Waals surface area contributed by atoms with Crippen molar-refractivity contribution in [3.63, 3.8) is 0 Å². The smallest absolute Gasteiger partial charge is 0.339 e. The van der Waals surface area contributed by atoms with Gasteiger partial charge in [0.25, 0.3) is 0 Å². The fraction of sp³-hybridized carbons (Fsp3) is 0.636. The summed E-state index contributed by atoms with van der Waals surface area (Å²) in [7, 11) is 1.84. The Hall–Kier alpha value is -1.32. The second-order valence-electron chi connectivity index (χ2n) is 4.16. The van der Waals surface area contributed by atoms with E-state index in [0.29, 0.717) is 11.5 Å². The first-order valence-corrected chi connectivity index (χ1v) is 5.44. The van der Waals surface area contributed by atoms with Crippen molar-refractivity contribution in [1.29, 1.82) is 0 Å². The molecule has 1 aliphatic rings. The minimum absolute atomic E-state index is 0.396. The second kappa shape index (κ2) is 3.68. The lowest BCUT2D eigenvalue weighted by molar-refractivity contribution is 0.0694. The molecule has 4 heteroatoms. The van der Waals surface area contributed by atoms with Gasteiger partial charge in [0, 0.05) is 13.0 Å². The summed E-state index contributed by atoms with van der Waals surface area (Å²) in [5.41, 5.74) is 2.13. The highest BCUT2D eigenvalue weighted by atomic mass is 16.4. The number of aromatic nitrogens is 2. The van der Waals surface area contributed by atoms with E-state index in [1.54, 1.807) is 4.68 Å². The molecule has 1 aromatic rings. The molecular weight excluding hydrogens is 192 g/mol. The summed E-state index contributed by atoms with van der Waals surface area (Å²) < 4.78 is 1.74. The van der Waals surface area contributed by atoms with Crippen molar-refractivity contribution in [2.75, 3.05) is 0 Å². The molecule has 2 rings (SSSR count). The van der Waals surface area contributed by atoms with Crippen LogP contribution in [0.1, 0.15) is 53.8 Å². The zero-order valence-electron chi connectivity index (χ0n) is 9.16. The molecule has 82 valence electrons. The molecule has 0 unspecified atom stereocenters. The molecule has 15 heavy (non-hydrogen) atoms. The standard InChI is InChI=1S/C11H16N2O2/c1-3-4-8-9(11(14)15)10(7-5-6-7)12-13(8)2/h7H,3-6H2,1-2H3,(H,14,15). The first kappa shape index (κ1) is 10.2. The maximum absolute atomic E-state index is 11.2. The second-order valence-corrected chi connectivity index (χ2v) is 4.16. The van der Waals surface area contributed by atoms with Crippen LogP contribution in [0.4, 0.5) is 0 Å². The number of carboxylic acids is 1. The Balaban J connectivity index is 2.46. The minimum atomic E-state index is -0.826. The van der Waals surface area contributed by atoms with Crippen LogP contribution < -0.4 is 0 Å². The number of carboxylic acid groups (broad SMARTS) is 1. The van der Waals surface area contributed by atoms with E-state index < -0.39 is 5.97 Å². The quantitative estimate of drug-likeness (QED) is 0.822. The van der Waals surface area contributed by atoms with Gasteiger partial charge in [0.2, 0.25) is 0 Å². The predicted octanol–water partition coefficient (Wildman–Crippen LogP) is 1.95. The molecule has 1 saturated carbocycles. The maximum Gasteiger partial charge on any atom is 0.339 e. The average Bonchev–Trinajstić information content (AvgIpc) is 2.94.